The highest BCUT2D eigenvalue weighted by Crippen LogP contribution is 2.50. The lowest BCUT2D eigenvalue weighted by Crippen LogP contribution is -2.54. The number of nitriles is 1. The number of hydrogen-bond acceptors (Lipinski definition) is 28. The number of aromatic nitrogens is 4. The maximum atomic E-state index is 13.4. The molecule has 1 fully saturated rings. The molecule has 145 heavy (non-hydrogen) atoms. The number of nitrogens with one attached hydrogen (secondary N) is 1. The van der Waals surface area contributed by atoms with Crippen molar-refractivity contribution in [1.29, 1.82) is 5.26 Å². The van der Waals surface area contributed by atoms with Crippen LogP contribution in [0.3, 0.4) is 0 Å². The van der Waals surface area contributed by atoms with E-state index in [0.717, 1.165) is 103 Å². The van der Waals surface area contributed by atoms with Crippen molar-refractivity contribution in [3.8, 4) is 67.3 Å². The lowest BCUT2D eigenvalue weighted by atomic mass is 9.77. The topological polar surface area (TPSA) is 455 Å². The van der Waals surface area contributed by atoms with Crippen LogP contribution in [0.5, 0.6) is 17.2 Å². The number of ether oxygens (including phenoxy) is 3. The zero-order valence-electron chi connectivity index (χ0n) is 82.1. The van der Waals surface area contributed by atoms with Gasteiger partial charge in [0.05, 0.1) is 83.0 Å². The number of sulfone groups is 1. The summed E-state index contributed by atoms with van der Waals surface area (Å²) >= 11 is 9.31. The molecule has 1 saturated heterocycles. The molecule has 7 atom stereocenters. The summed E-state index contributed by atoms with van der Waals surface area (Å²) in [5.74, 6) is 1.83. The molecule has 33 nitrogen and oxygen atoms in total. The monoisotopic (exact) mass is 2020 g/mol. The van der Waals surface area contributed by atoms with Crippen LogP contribution in [0.1, 0.15) is 125 Å². The van der Waals surface area contributed by atoms with Crippen molar-refractivity contribution >= 4 is 120 Å². The van der Waals surface area contributed by atoms with Crippen molar-refractivity contribution in [3.05, 3.63) is 314 Å². The standard InChI is InChI=1S/C26H25ClN4O3.C25H24N4O3S2.C21H29N5O.C21H17N3O3S.C15H16N6O/c1-26(24(33)31(2)25(28)30-26)18-8-6-7-16(13-18)21-14-19(27)12-11-17(21)15-29-23(32)20-9-4-5-10-22(20)34-3;1-4-34(31,32)20-10-8-17(9-11-20)22-23(30)29(3)24(27)28-25(22,2)21-13-19(15-33-21)18-7-5-6-16(12-18)14-26;1-21(11-19(27)25(3)20(22)23-21)16-7-6-10-26(14-16)13-15-12-24(2)18-9-5-4-8-17(15)18;1-24-19(25)21(23-20(24)22,14-5-3-2-4-6-14)18-10-9-17(28-18)13-7-8-15-16(11-13)27-12-26-15;1-15(6-13(22)21(2)14(16)20-15)12-9-18-8-11(19-12)10-4-3-5-17-7-10/h4-14H,15H2,1-3H3,(H2,28,30)(H,29,32);5-13,15,22H,4H2,1-3H3,(H2,27,28);4-5,8-9,12,16H,6-7,10-11,13-14H2,1-3H3,(H2,22,23);2-11H,12H2,1H3,(H2,22,23);3-5,7-9H,6H2,1-2H3,(H2,16,20)/t;22-,25-;16?,21-;;15-/m.10.0/s1. The van der Waals surface area contributed by atoms with E-state index < -0.39 is 43.4 Å². The summed E-state index contributed by atoms with van der Waals surface area (Å²) in [7, 11) is 8.43. The number of nitrogens with zero attached hydrogens (tertiary/aromatic N) is 16. The Morgan fingerprint density at radius 2 is 1.28 bits per heavy atom. The van der Waals surface area contributed by atoms with Gasteiger partial charge in [0, 0.05) is 117 Å². The number of thiophene rings is 2. The van der Waals surface area contributed by atoms with Crippen molar-refractivity contribution in [1.82, 2.24) is 54.2 Å². The summed E-state index contributed by atoms with van der Waals surface area (Å²) < 4.78 is 42.9. The molecule has 0 spiro atoms. The lowest BCUT2D eigenvalue weighted by molar-refractivity contribution is -0.131. The van der Waals surface area contributed by atoms with E-state index in [1.807, 2.05) is 159 Å². The largest absolute Gasteiger partial charge is 0.496 e. The fraction of sp³-hybridized carbons (Fsp3) is 0.269. The van der Waals surface area contributed by atoms with Gasteiger partial charge in [-0.2, -0.15) is 5.26 Å². The van der Waals surface area contributed by atoms with E-state index in [0.29, 0.717) is 62.7 Å². The number of guanidine groups is 5. The van der Waals surface area contributed by atoms with E-state index in [-0.39, 0.29) is 89.7 Å². The van der Waals surface area contributed by atoms with Crippen molar-refractivity contribution in [2.45, 2.75) is 112 Å². The molecule has 744 valence electrons. The van der Waals surface area contributed by atoms with Crippen molar-refractivity contribution < 1.29 is 51.4 Å². The van der Waals surface area contributed by atoms with Crippen molar-refractivity contribution in [3.63, 3.8) is 0 Å². The van der Waals surface area contributed by atoms with Crippen LogP contribution in [-0.2, 0) is 76.1 Å². The minimum atomic E-state index is -3.36. The number of rotatable bonds is 19. The molecule has 13 aromatic rings. The van der Waals surface area contributed by atoms with E-state index in [9.17, 15) is 42.4 Å². The number of likely N-dealkylation sites (N-methyl/N-ethyl adjacent to an activating group) is 3. The Morgan fingerprint density at radius 1 is 0.607 bits per heavy atom. The number of carbonyl (C=O) groups excluding carboxylic acids is 6. The number of amides is 6. The molecule has 7 aliphatic rings. The van der Waals surface area contributed by atoms with Crippen LogP contribution in [0.2, 0.25) is 5.02 Å². The van der Waals surface area contributed by atoms with Gasteiger partial charge in [0.1, 0.15) is 16.8 Å². The zero-order valence-corrected chi connectivity index (χ0v) is 85.3. The minimum Gasteiger partial charge on any atom is -0.496 e. The molecule has 6 amide bonds. The van der Waals surface area contributed by atoms with Gasteiger partial charge in [0.15, 0.2) is 56.7 Å². The Kier molecular flexibility index (Phi) is 29.6. The molecular formula is C108H111ClN22O11S3. The van der Waals surface area contributed by atoms with E-state index in [1.165, 1.54) is 82.9 Å². The molecule has 0 radical (unpaired) electrons. The van der Waals surface area contributed by atoms with Crippen LogP contribution >= 0.6 is 34.3 Å². The van der Waals surface area contributed by atoms with Gasteiger partial charge in [-0.3, -0.25) is 68.1 Å². The van der Waals surface area contributed by atoms with Crippen LogP contribution in [0.4, 0.5) is 0 Å². The van der Waals surface area contributed by atoms with E-state index in [1.54, 1.807) is 116 Å². The van der Waals surface area contributed by atoms with Gasteiger partial charge in [-0.1, -0.05) is 128 Å². The lowest BCUT2D eigenvalue weighted by Gasteiger charge is -2.43. The molecule has 5 aromatic heterocycles. The van der Waals surface area contributed by atoms with Crippen LogP contribution in [0, 0.1) is 17.2 Å². The second kappa shape index (κ2) is 42.0. The van der Waals surface area contributed by atoms with Gasteiger partial charge in [0.25, 0.3) is 17.7 Å². The molecule has 12 heterocycles. The highest BCUT2D eigenvalue weighted by Gasteiger charge is 2.52. The van der Waals surface area contributed by atoms with Crippen molar-refractivity contribution in [2.75, 3.05) is 68.0 Å². The van der Waals surface area contributed by atoms with Gasteiger partial charge in [-0.25, -0.2) is 38.4 Å². The second-order valence-corrected chi connectivity index (χ2v) is 41.6. The first-order chi connectivity index (χ1) is 69.3. The first-order valence-corrected chi connectivity index (χ1v) is 50.4. The number of likely N-dealkylation sites (tertiary alicyclic amines) is 1. The third-order valence-corrected chi connectivity index (χ3v) is 31.7. The SMILES string of the molecule is CCS(=O)(=O)c1ccc([C@@H]2C(=O)N(C)C(N)=N[C@]2(C)c2cc(-c3cccc(C#N)c3)cs2)cc1.CN1C(=O)C(c2ccccc2)(c2ccc(-c3ccc4c(c3)OCO4)s2)N=C1N.CN1C(=O)C[C@@](C)(C2CCCN(Cc3cn(C)c4ccccc34)C2)N=C1N.CN1C(=O)C[C@@](C)(c2cncc(-c3cccnc3)n2)N=C1N.COc1ccccc1C(=O)NCc1ccc(Cl)cc1-c1cccc(C2(C)N=C(N)N(C)C2=O)c1. The van der Waals surface area contributed by atoms with E-state index >= 15 is 0 Å². The predicted octanol–water partition coefficient (Wildman–Crippen LogP) is 14.2. The summed E-state index contributed by atoms with van der Waals surface area (Å²) in [4.78, 5) is 125. The molecule has 3 unspecified atom stereocenters. The van der Waals surface area contributed by atoms with E-state index in [2.05, 4.69) is 95.2 Å². The molecule has 0 bridgehead atoms. The maximum Gasteiger partial charge on any atom is 0.267 e. The predicted molar refractivity (Wildman–Crippen MR) is 563 cm³/mol. The smallest absolute Gasteiger partial charge is 0.267 e. The van der Waals surface area contributed by atoms with Crippen LogP contribution in [0.25, 0.3) is 54.9 Å². The number of carbonyl (C=O) groups is 6. The van der Waals surface area contributed by atoms with Gasteiger partial charge in [-0.05, 0) is 223 Å². The quantitative estimate of drug-likeness (QED) is 0.0438. The third kappa shape index (κ3) is 20.8. The van der Waals surface area contributed by atoms with E-state index in [4.69, 9.17) is 64.5 Å². The summed E-state index contributed by atoms with van der Waals surface area (Å²) in [5, 5.41) is 16.0. The first kappa shape index (κ1) is 102. The number of benzene rings is 8. The molecule has 8 aromatic carbocycles. The number of piperidine rings is 1. The van der Waals surface area contributed by atoms with Crippen LogP contribution < -0.4 is 48.2 Å². The van der Waals surface area contributed by atoms with Gasteiger partial charge < -0.3 is 52.8 Å². The number of methoxy groups -OCH3 is 1. The Morgan fingerprint density at radius 3 is 1.99 bits per heavy atom. The molecular weight excluding hydrogens is 1910 g/mol. The Labute approximate surface area is 853 Å². The number of hydrogen-bond donors (Lipinski definition) is 6. The fourth-order valence-electron chi connectivity index (χ4n) is 18.7. The van der Waals surface area contributed by atoms with Gasteiger partial charge >= 0.3 is 0 Å². The highest BCUT2D eigenvalue weighted by atomic mass is 35.5. The number of aliphatic imine (C=N–C) groups is 5. The molecule has 20 rings (SSSR count). The summed E-state index contributed by atoms with van der Waals surface area (Å²) in [5.41, 5.74) is 38.8. The Balaban J connectivity index is 0.000000131. The average molecular weight is 2020 g/mol. The Hall–Kier alpha value is -15.8. The zero-order chi connectivity index (χ0) is 103. The minimum absolute atomic E-state index is 0.000952. The third-order valence-electron chi connectivity index (χ3n) is 27.3. The number of aryl methyl sites for hydroxylation is 1. The van der Waals surface area contributed by atoms with Crippen LogP contribution in [0.15, 0.2) is 285 Å². The molecule has 37 heteroatoms. The number of nitrogens with two attached hydrogens (primary N) is 5. The number of halogens is 1. The number of pyridine rings is 1. The summed E-state index contributed by atoms with van der Waals surface area (Å²) in [6.07, 6.45) is 11.8. The van der Waals surface area contributed by atoms with Gasteiger partial charge in [0.2, 0.25) is 30.1 Å². The second-order valence-electron chi connectivity index (χ2n) is 36.8. The average Bonchev–Trinajstić information content (AvgIpc) is 1.57. The Bertz CT molecular complexity index is 7520. The molecule has 11 N–H and O–H groups in total. The molecule has 0 saturated carbocycles. The highest BCUT2D eigenvalue weighted by molar-refractivity contribution is 7.91. The van der Waals surface area contributed by atoms with Crippen LogP contribution in [-0.4, -0.2) is 196 Å². The molecule has 7 aliphatic heterocycles. The number of fused-ring (bicyclic) bond motifs is 2. The fourth-order valence-corrected chi connectivity index (χ4v) is 22.0. The summed E-state index contributed by atoms with van der Waals surface area (Å²) in [6, 6.07) is 69.6. The number of para-hydroxylation sites is 2. The molecule has 0 aliphatic carbocycles. The van der Waals surface area contributed by atoms with Gasteiger partial charge in [-0.15, -0.1) is 22.7 Å². The normalized spacial score (nSPS) is 21.3. The van der Waals surface area contributed by atoms with Crippen molar-refractivity contribution in [2.24, 2.45) is 66.6 Å². The summed E-state index contributed by atoms with van der Waals surface area (Å²) in [6.45, 7) is 12.6. The maximum absolute atomic E-state index is 13.4. The first-order valence-electron chi connectivity index (χ1n) is 46.7.